The molecule has 0 unspecified atom stereocenters. The Balaban J connectivity index is 1.88. The maximum absolute atomic E-state index is 12.5. The second-order valence-electron chi connectivity index (χ2n) is 8.97. The molecule has 0 aromatic rings. The smallest absolute Gasteiger partial charge is 0.343 e. The van der Waals surface area contributed by atoms with Crippen molar-refractivity contribution in [3.63, 3.8) is 0 Å². The predicted molar refractivity (Wildman–Crippen MR) is 108 cm³/mol. The highest BCUT2D eigenvalue weighted by molar-refractivity contribution is 5.88. The lowest BCUT2D eigenvalue weighted by Crippen LogP contribution is -2.65. The number of cyclic esters (lactones) is 1. The number of hydrogen-bond donors (Lipinski definition) is 2. The van der Waals surface area contributed by atoms with E-state index < -0.39 is 29.1 Å². The molecule has 3 rings (SSSR count). The monoisotopic (exact) mass is 402 g/mol. The van der Waals surface area contributed by atoms with E-state index in [1.54, 1.807) is 36.5 Å². The topological polar surface area (TPSA) is 93.1 Å². The lowest BCUT2D eigenvalue weighted by atomic mass is 9.46. The predicted octanol–water partition coefficient (Wildman–Crippen LogP) is 2.62. The van der Waals surface area contributed by atoms with Gasteiger partial charge in [-0.05, 0) is 24.3 Å². The second-order valence-corrected chi connectivity index (χ2v) is 8.97. The van der Waals surface area contributed by atoms with Crippen LogP contribution in [-0.2, 0) is 19.1 Å². The molecular formula is C23H30O6. The summed E-state index contributed by atoms with van der Waals surface area (Å²) in [6.45, 7) is 6.11. The van der Waals surface area contributed by atoms with E-state index in [0.29, 0.717) is 12.0 Å². The minimum Gasteiger partial charge on any atom is -0.459 e. The van der Waals surface area contributed by atoms with Gasteiger partial charge in [-0.2, -0.15) is 0 Å². The molecule has 2 aliphatic carbocycles. The van der Waals surface area contributed by atoms with Crippen molar-refractivity contribution in [2.24, 2.45) is 16.7 Å². The van der Waals surface area contributed by atoms with Gasteiger partial charge in [0.2, 0.25) is 0 Å². The molecule has 0 aromatic carbocycles. The van der Waals surface area contributed by atoms with Crippen LogP contribution < -0.4 is 0 Å². The Morgan fingerprint density at radius 1 is 1.24 bits per heavy atom. The number of aliphatic hydroxyl groups excluding tert-OH is 1. The number of esters is 2. The van der Waals surface area contributed by atoms with Gasteiger partial charge < -0.3 is 19.7 Å². The van der Waals surface area contributed by atoms with Crippen LogP contribution in [-0.4, -0.2) is 47.1 Å². The van der Waals surface area contributed by atoms with Gasteiger partial charge in [0.1, 0.15) is 12.7 Å². The number of aliphatic hydroxyl groups is 2. The highest BCUT2D eigenvalue weighted by Crippen LogP contribution is 2.63. The number of carbonyl (C=O) groups excluding carboxylic acids is 2. The lowest BCUT2D eigenvalue weighted by Gasteiger charge is -2.59. The van der Waals surface area contributed by atoms with Crippen molar-refractivity contribution in [3.05, 3.63) is 48.1 Å². The van der Waals surface area contributed by atoms with Gasteiger partial charge in [-0.3, -0.25) is 0 Å². The Morgan fingerprint density at radius 2 is 1.97 bits per heavy atom. The fourth-order valence-electron chi connectivity index (χ4n) is 5.52. The highest BCUT2D eigenvalue weighted by Gasteiger charge is 2.69. The molecule has 6 heteroatoms. The molecule has 0 bridgehead atoms. The van der Waals surface area contributed by atoms with Crippen molar-refractivity contribution in [3.8, 4) is 0 Å². The molecule has 1 saturated carbocycles. The zero-order valence-electron chi connectivity index (χ0n) is 17.3. The number of carbonyl (C=O) groups is 2. The molecule has 29 heavy (non-hydrogen) atoms. The quantitative estimate of drug-likeness (QED) is 0.318. The first-order chi connectivity index (χ1) is 13.7. The van der Waals surface area contributed by atoms with Crippen LogP contribution in [0.4, 0.5) is 0 Å². The number of hydrogen-bond acceptors (Lipinski definition) is 6. The van der Waals surface area contributed by atoms with E-state index in [2.05, 4.69) is 13.8 Å². The fraction of sp³-hybridized carbons (Fsp3) is 0.565. The van der Waals surface area contributed by atoms with Crippen LogP contribution in [0.2, 0.25) is 0 Å². The van der Waals surface area contributed by atoms with Gasteiger partial charge in [-0.1, -0.05) is 57.6 Å². The van der Waals surface area contributed by atoms with Gasteiger partial charge in [0.15, 0.2) is 5.60 Å². The largest absolute Gasteiger partial charge is 0.459 e. The normalized spacial score (nSPS) is 36.2. The van der Waals surface area contributed by atoms with Crippen molar-refractivity contribution in [1.82, 2.24) is 0 Å². The van der Waals surface area contributed by atoms with Crippen molar-refractivity contribution in [2.75, 3.05) is 13.2 Å². The summed E-state index contributed by atoms with van der Waals surface area (Å²) in [5.74, 6) is -1.30. The molecule has 0 spiro atoms. The van der Waals surface area contributed by atoms with Crippen LogP contribution in [0.1, 0.15) is 40.0 Å². The zero-order valence-corrected chi connectivity index (χ0v) is 17.3. The molecule has 1 saturated heterocycles. The molecule has 1 heterocycles. The Morgan fingerprint density at radius 3 is 2.69 bits per heavy atom. The number of ether oxygens (including phenoxy) is 2. The summed E-state index contributed by atoms with van der Waals surface area (Å²) in [5, 5.41) is 20.1. The maximum atomic E-state index is 12.5. The first kappa shape index (κ1) is 21.5. The summed E-state index contributed by atoms with van der Waals surface area (Å²) in [6.07, 6.45) is 13.2. The van der Waals surface area contributed by atoms with E-state index in [1.165, 1.54) is 6.08 Å². The number of rotatable bonds is 5. The van der Waals surface area contributed by atoms with Crippen LogP contribution in [0.3, 0.4) is 0 Å². The molecular weight excluding hydrogens is 372 g/mol. The van der Waals surface area contributed by atoms with Gasteiger partial charge in [0, 0.05) is 23.0 Å². The Hall–Kier alpha value is -2.18. The maximum Gasteiger partial charge on any atom is 0.343 e. The Kier molecular flexibility index (Phi) is 5.88. The van der Waals surface area contributed by atoms with Crippen molar-refractivity contribution >= 4 is 11.9 Å². The van der Waals surface area contributed by atoms with E-state index in [9.17, 15) is 14.7 Å². The average molecular weight is 402 g/mol. The molecule has 0 aromatic heterocycles. The Bertz CT molecular complexity index is 789. The number of fused-ring (bicyclic) bond motifs is 3. The average Bonchev–Trinajstić information content (AvgIpc) is 2.94. The zero-order chi connectivity index (χ0) is 21.3. The highest BCUT2D eigenvalue weighted by atomic mass is 16.6. The molecule has 3 aliphatic rings. The van der Waals surface area contributed by atoms with Gasteiger partial charge in [-0.15, -0.1) is 0 Å². The summed E-state index contributed by atoms with van der Waals surface area (Å²) in [6, 6.07) is 0. The van der Waals surface area contributed by atoms with Crippen LogP contribution in [0, 0.1) is 16.7 Å². The standard InChI is InChI=1S/C23H30O6/c1-21(2)11-9-12-22(3)19(21)17(14-16-15-28-20(26)23(16,22)27)29-18(25)10-7-5-4-6-8-13-24/h4-8,10,14,17,19,24,27H,9,11-13,15H2,1-3H3/b5-4+,8-6+,10-7+/t17-,19+,22+,23+/m1/s1. The fourth-order valence-corrected chi connectivity index (χ4v) is 5.52. The van der Waals surface area contributed by atoms with Gasteiger partial charge >= 0.3 is 11.9 Å². The van der Waals surface area contributed by atoms with Crippen molar-refractivity contribution in [2.45, 2.75) is 51.7 Å². The molecule has 158 valence electrons. The van der Waals surface area contributed by atoms with Crippen LogP contribution in [0.15, 0.2) is 48.1 Å². The van der Waals surface area contributed by atoms with Crippen molar-refractivity contribution < 1.29 is 29.3 Å². The lowest BCUT2D eigenvalue weighted by molar-refractivity contribution is -0.194. The summed E-state index contributed by atoms with van der Waals surface area (Å²) >= 11 is 0. The first-order valence-corrected chi connectivity index (χ1v) is 10.1. The third-order valence-electron chi connectivity index (χ3n) is 6.74. The summed E-state index contributed by atoms with van der Waals surface area (Å²) < 4.78 is 11.0. The van der Waals surface area contributed by atoms with E-state index >= 15 is 0 Å². The molecule has 6 nitrogen and oxygen atoms in total. The minimum absolute atomic E-state index is 0.0297. The molecule has 4 atom stereocenters. The molecule has 0 radical (unpaired) electrons. The molecule has 0 amide bonds. The van der Waals surface area contributed by atoms with E-state index in [-0.39, 0.29) is 24.5 Å². The molecule has 2 fully saturated rings. The summed E-state index contributed by atoms with van der Waals surface area (Å²) in [5.41, 5.74) is -2.15. The van der Waals surface area contributed by atoms with Gasteiger partial charge in [-0.25, -0.2) is 9.59 Å². The Labute approximate surface area is 171 Å². The van der Waals surface area contributed by atoms with E-state index in [1.807, 2.05) is 6.92 Å². The molecule has 1 aliphatic heterocycles. The SMILES string of the molecule is CC1(C)CCC[C@@]2(C)[C@H]1[C@H](OC(=O)/C=C/C=C/C=C/CO)C=C1COC(=O)[C@@]12O. The van der Waals surface area contributed by atoms with Gasteiger partial charge in [0.25, 0.3) is 0 Å². The minimum atomic E-state index is -1.66. The van der Waals surface area contributed by atoms with Crippen LogP contribution >= 0.6 is 0 Å². The summed E-state index contributed by atoms with van der Waals surface area (Å²) in [4.78, 5) is 25.0. The van der Waals surface area contributed by atoms with Crippen LogP contribution in [0.25, 0.3) is 0 Å². The van der Waals surface area contributed by atoms with Gasteiger partial charge in [0.05, 0.1) is 6.61 Å². The van der Waals surface area contributed by atoms with E-state index in [0.717, 1.165) is 12.8 Å². The third-order valence-corrected chi connectivity index (χ3v) is 6.74. The van der Waals surface area contributed by atoms with Crippen molar-refractivity contribution in [1.29, 1.82) is 0 Å². The second kappa shape index (κ2) is 7.92. The third kappa shape index (κ3) is 3.60. The number of allylic oxidation sites excluding steroid dienone is 4. The first-order valence-electron chi connectivity index (χ1n) is 10.1. The molecule has 2 N–H and O–H groups in total. The van der Waals surface area contributed by atoms with E-state index in [4.69, 9.17) is 14.6 Å². The summed E-state index contributed by atoms with van der Waals surface area (Å²) in [7, 11) is 0. The van der Waals surface area contributed by atoms with Crippen LogP contribution in [0.5, 0.6) is 0 Å².